The first-order valence-corrected chi connectivity index (χ1v) is 13.2. The van der Waals surface area contributed by atoms with Crippen LogP contribution in [0.25, 0.3) is 22.9 Å². The van der Waals surface area contributed by atoms with E-state index in [9.17, 15) is 44.7 Å². The number of hydrogen-bond donors (Lipinski definition) is 2. The lowest BCUT2D eigenvalue weighted by Crippen LogP contribution is -2.31. The highest BCUT2D eigenvalue weighted by atomic mass is 19.4. The number of nitrogens with two attached hydrogens (primary N) is 1. The molecule has 234 valence electrons. The zero-order valence-electron chi connectivity index (χ0n) is 22.9. The van der Waals surface area contributed by atoms with Gasteiger partial charge in [0.25, 0.3) is 11.8 Å². The second-order valence-corrected chi connectivity index (χ2v) is 10.2. The van der Waals surface area contributed by atoms with E-state index in [4.69, 9.17) is 5.73 Å². The number of hydrogen-bond acceptors (Lipinski definition) is 4. The van der Waals surface area contributed by atoms with Gasteiger partial charge < -0.3 is 11.1 Å². The number of amides is 2. The number of halogens is 8. The number of nitrogens with zero attached hydrogens (tertiary/aromatic N) is 3. The molecule has 2 amide bonds. The summed E-state index contributed by atoms with van der Waals surface area (Å²) in [5.41, 5.74) is 2.51. The lowest BCUT2D eigenvalue weighted by molar-refractivity contribution is -0.142. The Labute approximate surface area is 249 Å². The maximum atomic E-state index is 14.2. The van der Waals surface area contributed by atoms with Crippen LogP contribution in [0.15, 0.2) is 54.7 Å². The Bertz CT molecular complexity index is 1830. The summed E-state index contributed by atoms with van der Waals surface area (Å²) in [5.74, 6) is -8.30. The molecule has 2 aromatic carbocycles. The monoisotopic (exact) mass is 635 g/mol. The number of alkyl halides is 5. The summed E-state index contributed by atoms with van der Waals surface area (Å²) in [5, 5.41) is 5.86. The first-order valence-electron chi connectivity index (χ1n) is 13.2. The van der Waals surface area contributed by atoms with Crippen molar-refractivity contribution < 1.29 is 44.7 Å². The lowest BCUT2D eigenvalue weighted by atomic mass is 9.92. The van der Waals surface area contributed by atoms with E-state index >= 15 is 0 Å². The Morgan fingerprint density at radius 2 is 1.76 bits per heavy atom. The van der Waals surface area contributed by atoms with Crippen molar-refractivity contribution in [2.45, 2.75) is 37.9 Å². The summed E-state index contributed by atoms with van der Waals surface area (Å²) >= 11 is 0. The Hall–Kier alpha value is -5.08. The van der Waals surface area contributed by atoms with Gasteiger partial charge in [-0.1, -0.05) is 12.1 Å². The van der Waals surface area contributed by atoms with Gasteiger partial charge in [0.2, 0.25) is 5.91 Å². The van der Waals surface area contributed by atoms with Crippen LogP contribution in [-0.2, 0) is 30.4 Å². The highest BCUT2D eigenvalue weighted by Gasteiger charge is 2.44. The molecule has 0 bridgehead atoms. The maximum Gasteiger partial charge on any atom is 0.435 e. The number of pyridine rings is 1. The lowest BCUT2D eigenvalue weighted by Gasteiger charge is -2.23. The summed E-state index contributed by atoms with van der Waals surface area (Å²) in [4.78, 5) is 29.3. The highest BCUT2D eigenvalue weighted by Crippen LogP contribution is 2.40. The van der Waals surface area contributed by atoms with Gasteiger partial charge in [-0.2, -0.15) is 18.3 Å². The minimum absolute atomic E-state index is 0.0671. The van der Waals surface area contributed by atoms with Gasteiger partial charge >= 0.3 is 6.18 Å². The van der Waals surface area contributed by atoms with Gasteiger partial charge in [0.1, 0.15) is 24.0 Å². The number of nitrogens with one attached hydrogen (secondary N) is 1. The van der Waals surface area contributed by atoms with Gasteiger partial charge in [0.05, 0.1) is 23.4 Å². The molecule has 0 spiro atoms. The van der Waals surface area contributed by atoms with Gasteiger partial charge in [-0.3, -0.25) is 19.3 Å². The van der Waals surface area contributed by atoms with Crippen LogP contribution in [0.4, 0.5) is 35.1 Å². The molecule has 3 N–H and O–H groups in total. The van der Waals surface area contributed by atoms with Crippen molar-refractivity contribution in [1.82, 2.24) is 20.1 Å². The number of aromatic nitrogens is 3. The van der Waals surface area contributed by atoms with E-state index in [-0.39, 0.29) is 28.1 Å². The second kappa shape index (κ2) is 11.8. The Balaban J connectivity index is 1.58. The molecule has 45 heavy (non-hydrogen) atoms. The van der Waals surface area contributed by atoms with Crippen molar-refractivity contribution in [3.63, 3.8) is 0 Å². The van der Waals surface area contributed by atoms with Gasteiger partial charge in [-0.05, 0) is 54.0 Å². The fourth-order valence-electron chi connectivity index (χ4n) is 5.04. The summed E-state index contributed by atoms with van der Waals surface area (Å²) in [6.45, 7) is -0.937. The Morgan fingerprint density at radius 1 is 1.04 bits per heavy atom. The van der Waals surface area contributed by atoms with Crippen LogP contribution < -0.4 is 11.1 Å². The van der Waals surface area contributed by atoms with Crippen LogP contribution >= 0.6 is 0 Å². The molecule has 0 aliphatic heterocycles. The molecule has 7 nitrogen and oxygen atoms in total. The van der Waals surface area contributed by atoms with Crippen LogP contribution in [0.3, 0.4) is 0 Å². The summed E-state index contributed by atoms with van der Waals surface area (Å²) in [6, 6.07) is 8.72. The highest BCUT2D eigenvalue weighted by molar-refractivity contribution is 5.97. The van der Waals surface area contributed by atoms with Crippen molar-refractivity contribution >= 4 is 23.6 Å². The number of carbonyl (C=O) groups is 2. The third-order valence-electron chi connectivity index (χ3n) is 6.97. The molecule has 15 heteroatoms. The van der Waals surface area contributed by atoms with E-state index in [2.05, 4.69) is 15.4 Å². The molecule has 5 rings (SSSR count). The molecule has 0 radical (unpaired) electrons. The van der Waals surface area contributed by atoms with Gasteiger partial charge in [0, 0.05) is 35.5 Å². The first-order chi connectivity index (χ1) is 21.1. The van der Waals surface area contributed by atoms with Crippen LogP contribution in [0.2, 0.25) is 0 Å². The van der Waals surface area contributed by atoms with E-state index in [1.54, 1.807) is 0 Å². The number of primary amides is 1. The summed E-state index contributed by atoms with van der Waals surface area (Å²) in [6.07, 6.45) is -5.06. The van der Waals surface area contributed by atoms with Crippen LogP contribution in [0, 0.1) is 17.5 Å². The molecule has 0 atom stereocenters. The topological polar surface area (TPSA) is 103 Å². The largest absolute Gasteiger partial charge is 0.435 e. The minimum Gasteiger partial charge on any atom is -0.366 e. The van der Waals surface area contributed by atoms with E-state index in [0.717, 1.165) is 30.3 Å². The first kappa shape index (κ1) is 31.3. The molecule has 0 saturated heterocycles. The summed E-state index contributed by atoms with van der Waals surface area (Å²) in [7, 11) is 0. The van der Waals surface area contributed by atoms with Crippen molar-refractivity contribution in [3.8, 4) is 11.1 Å². The standard InChI is InChI=1S/C30H21F8N5O2/c31-17-8-15(9-18(32)12-17)10-23(26-19(2-1-7-40-26)16-3-4-22(33)21(11-16)28(39)45)41-25(44)14-43-24-13-29(34,35)6-5-20(24)27(42-43)30(36,37)38/h1-4,7-12H,5-6,13-14H2,(H2,39,45)(H,41,44)/b23-10-. The van der Waals surface area contributed by atoms with E-state index in [0.29, 0.717) is 10.7 Å². The zero-order valence-corrected chi connectivity index (χ0v) is 22.9. The number of carbonyl (C=O) groups excluding carboxylic acids is 2. The molecule has 2 aromatic heterocycles. The molecule has 0 saturated carbocycles. The van der Waals surface area contributed by atoms with Gasteiger partial charge in [-0.25, -0.2) is 22.0 Å². The molecule has 4 aromatic rings. The minimum atomic E-state index is -4.97. The quantitative estimate of drug-likeness (QED) is 0.246. The molecule has 0 unspecified atom stereocenters. The van der Waals surface area contributed by atoms with Crippen LogP contribution in [0.1, 0.15) is 45.0 Å². The molecule has 1 aliphatic rings. The third-order valence-corrected chi connectivity index (χ3v) is 6.97. The Morgan fingerprint density at radius 3 is 2.42 bits per heavy atom. The fourth-order valence-corrected chi connectivity index (χ4v) is 5.04. The average Bonchev–Trinajstić information content (AvgIpc) is 3.29. The number of benzene rings is 2. The normalized spacial score (nSPS) is 14.6. The molecular formula is C30H21F8N5O2. The average molecular weight is 636 g/mol. The molecule has 2 heterocycles. The van der Waals surface area contributed by atoms with Crippen LogP contribution in [-0.4, -0.2) is 32.5 Å². The zero-order chi connectivity index (χ0) is 32.7. The van der Waals surface area contributed by atoms with Gasteiger partial charge in [0.15, 0.2) is 5.69 Å². The number of fused-ring (bicyclic) bond motifs is 1. The third kappa shape index (κ3) is 6.86. The molecule has 0 fully saturated rings. The van der Waals surface area contributed by atoms with E-state index in [1.807, 2.05) is 0 Å². The van der Waals surface area contributed by atoms with E-state index < -0.39 is 89.7 Å². The SMILES string of the molecule is NC(=O)c1cc(-c2cccnc2/C(=C/c2cc(F)cc(F)c2)NC(=O)Cn2nc(C(F)(F)F)c3c2CC(F)(F)CC3)ccc1F. The van der Waals surface area contributed by atoms with E-state index in [1.165, 1.54) is 24.4 Å². The predicted molar refractivity (Wildman–Crippen MR) is 145 cm³/mol. The number of rotatable bonds is 7. The molecular weight excluding hydrogens is 614 g/mol. The van der Waals surface area contributed by atoms with Crippen molar-refractivity contribution in [3.05, 3.63) is 106 Å². The smallest absolute Gasteiger partial charge is 0.366 e. The van der Waals surface area contributed by atoms with Crippen molar-refractivity contribution in [1.29, 1.82) is 0 Å². The van der Waals surface area contributed by atoms with Crippen molar-refractivity contribution in [2.24, 2.45) is 5.73 Å². The van der Waals surface area contributed by atoms with Crippen LogP contribution in [0.5, 0.6) is 0 Å². The van der Waals surface area contributed by atoms with Gasteiger partial charge in [-0.15, -0.1) is 0 Å². The Kier molecular flexibility index (Phi) is 8.21. The second-order valence-electron chi connectivity index (χ2n) is 10.2. The molecule has 1 aliphatic carbocycles. The maximum absolute atomic E-state index is 14.2. The predicted octanol–water partition coefficient (Wildman–Crippen LogP) is 5.92. The summed E-state index contributed by atoms with van der Waals surface area (Å²) < 4.78 is 112. The van der Waals surface area contributed by atoms with Crippen molar-refractivity contribution in [2.75, 3.05) is 0 Å². The fraction of sp³-hybridized carbons (Fsp3) is 0.200.